The van der Waals surface area contributed by atoms with Crippen LogP contribution in [0, 0.1) is 0 Å². The molecule has 0 amide bonds. The normalized spacial score (nSPS) is 13.5. The lowest BCUT2D eigenvalue weighted by Crippen LogP contribution is -2.35. The van der Waals surface area contributed by atoms with E-state index in [0.717, 1.165) is 18.1 Å². The molecule has 0 aliphatic rings. The lowest BCUT2D eigenvalue weighted by molar-refractivity contribution is 0.247. The zero-order chi connectivity index (χ0) is 29.0. The van der Waals surface area contributed by atoms with E-state index in [2.05, 4.69) is 19.6 Å². The average Bonchev–Trinajstić information content (AvgIpc) is 2.94. The molecule has 10 heteroatoms. The maximum absolute atomic E-state index is 5.65. The summed E-state index contributed by atoms with van der Waals surface area (Å²) in [5.74, 6) is 0. The van der Waals surface area contributed by atoms with Gasteiger partial charge in [-0.3, -0.25) is 0 Å². The Labute approximate surface area is 243 Å². The lowest BCUT2D eigenvalue weighted by Gasteiger charge is -2.30. The van der Waals surface area contributed by atoms with Gasteiger partial charge < -0.3 is 26.6 Å². The molecule has 0 rings (SSSR count). The summed E-state index contributed by atoms with van der Waals surface area (Å²) in [6.07, 6.45) is 20.0. The van der Waals surface area contributed by atoms with Crippen LogP contribution >= 0.6 is 0 Å². The fourth-order valence-corrected chi connectivity index (χ4v) is 10.8. The first kappa shape index (κ1) is 38.6. The van der Waals surface area contributed by atoms with Gasteiger partial charge in [-0.25, -0.2) is 0 Å². The molecule has 230 valence electrons. The molecule has 0 aromatic rings. The first-order chi connectivity index (χ1) is 18.0. The van der Waals surface area contributed by atoms with Gasteiger partial charge in [0.15, 0.2) is 0 Å². The van der Waals surface area contributed by atoms with Gasteiger partial charge in [0.2, 0.25) is 0 Å². The minimum absolute atomic E-state index is 0.604. The Hall–Kier alpha value is 0.628. The van der Waals surface area contributed by atoms with Crippen molar-refractivity contribution < 1.29 is 26.6 Å². The highest BCUT2D eigenvalue weighted by Gasteiger charge is 2.29. The molecule has 0 spiro atoms. The minimum atomic E-state index is -1.91. The Bertz CT molecular complexity index is 483. The highest BCUT2D eigenvalue weighted by atomic mass is 28.4. The van der Waals surface area contributed by atoms with Gasteiger partial charge in [-0.05, 0) is 42.8 Å². The lowest BCUT2D eigenvalue weighted by atomic mass is 9.88. The zero-order valence-electron chi connectivity index (χ0n) is 27.2. The molecule has 0 atom stereocenters. The molecular formula is C28H66O6Si4. The molecule has 0 aromatic carbocycles. The summed E-state index contributed by atoms with van der Waals surface area (Å²) in [7, 11) is 6.41. The molecule has 0 aromatic heterocycles. The molecule has 0 unspecified atom stereocenters. The molecule has 0 fully saturated rings. The highest BCUT2D eigenvalue weighted by molar-refractivity contribution is 6.66. The van der Waals surface area contributed by atoms with Gasteiger partial charge in [-0.15, -0.1) is 0 Å². The van der Waals surface area contributed by atoms with E-state index in [-0.39, 0.29) is 0 Å². The van der Waals surface area contributed by atoms with Crippen LogP contribution in [0.1, 0.15) is 96.3 Å². The van der Waals surface area contributed by atoms with E-state index in [0.29, 0.717) is 5.04 Å². The molecule has 38 heavy (non-hydrogen) atoms. The molecule has 0 N–H and O–H groups in total. The first-order valence-corrected chi connectivity index (χ1v) is 23.9. The van der Waals surface area contributed by atoms with Gasteiger partial charge >= 0.3 is 25.7 Å². The molecule has 6 nitrogen and oxygen atoms in total. The molecule has 0 heterocycles. The van der Waals surface area contributed by atoms with E-state index in [1.54, 1.807) is 42.7 Å². The molecule has 0 aliphatic heterocycles. The fraction of sp³-hybridized carbons (Fsp3) is 1.00. The Kier molecular flexibility index (Phi) is 21.7. The quantitative estimate of drug-likeness (QED) is 0.0711. The molecule has 0 bridgehead atoms. The van der Waals surface area contributed by atoms with Crippen LogP contribution < -0.4 is 0 Å². The summed E-state index contributed by atoms with van der Waals surface area (Å²) >= 11 is 0. The van der Waals surface area contributed by atoms with Crippen LogP contribution in [0.2, 0.25) is 42.8 Å². The van der Waals surface area contributed by atoms with Crippen LogP contribution in [-0.2, 0) is 26.6 Å². The van der Waals surface area contributed by atoms with Crippen molar-refractivity contribution >= 4 is 35.9 Å². The van der Waals surface area contributed by atoms with E-state index < -0.39 is 25.7 Å². The van der Waals surface area contributed by atoms with Crippen LogP contribution in [-0.4, -0.2) is 78.6 Å². The van der Waals surface area contributed by atoms with Gasteiger partial charge in [0.05, 0.1) is 0 Å². The molecule has 0 saturated carbocycles. The number of unbranched alkanes of at least 4 members (excludes halogenated alkanes) is 9. The second-order valence-corrected chi connectivity index (χ2v) is 25.1. The van der Waals surface area contributed by atoms with Crippen molar-refractivity contribution in [3.8, 4) is 0 Å². The van der Waals surface area contributed by atoms with Gasteiger partial charge in [0, 0.05) is 52.9 Å². The number of rotatable bonds is 27. The average molecular weight is 611 g/mol. The first-order valence-electron chi connectivity index (χ1n) is 15.3. The summed E-state index contributed by atoms with van der Waals surface area (Å²) in [5.41, 5.74) is 0. The van der Waals surface area contributed by atoms with Crippen molar-refractivity contribution in [2.24, 2.45) is 0 Å². The monoisotopic (exact) mass is 610 g/mol. The van der Waals surface area contributed by atoms with Gasteiger partial charge in [0.25, 0.3) is 0 Å². The largest absolute Gasteiger partial charge is 0.398 e. The third kappa shape index (κ3) is 17.4. The van der Waals surface area contributed by atoms with Crippen LogP contribution in [0.15, 0.2) is 0 Å². The molecular weight excluding hydrogens is 545 g/mol. The van der Waals surface area contributed by atoms with E-state index >= 15 is 0 Å². The summed E-state index contributed by atoms with van der Waals surface area (Å²) in [6, 6.07) is 3.32. The summed E-state index contributed by atoms with van der Waals surface area (Å²) in [5, 5.41) is 0.604. The van der Waals surface area contributed by atoms with Crippen molar-refractivity contribution in [2.75, 3.05) is 42.7 Å². The third-order valence-electron chi connectivity index (χ3n) is 9.07. The standard InChI is InChI=1S/C28H66O6Si4/c1-29-36(7,30-2)25-19-13-10-16-22-28(35,23-17-11-14-20-26-37(8,31-3)32-4)24-18-12-15-21-27-38(9,33-5)34-6/h10-27H2,1-9,35H3. The third-order valence-corrected chi connectivity index (χ3v) is 19.5. The van der Waals surface area contributed by atoms with Crippen LogP contribution in [0.4, 0.5) is 0 Å². The second kappa shape index (κ2) is 21.3. The number of hydrogen-bond acceptors (Lipinski definition) is 6. The minimum Gasteiger partial charge on any atom is -0.398 e. The Morgan fingerprint density at radius 3 is 0.816 bits per heavy atom. The van der Waals surface area contributed by atoms with E-state index in [4.69, 9.17) is 26.6 Å². The Morgan fingerprint density at radius 2 is 0.605 bits per heavy atom. The fourth-order valence-electron chi connectivity index (χ4n) is 5.29. The molecule has 0 saturated heterocycles. The van der Waals surface area contributed by atoms with Gasteiger partial charge in [-0.2, -0.15) is 0 Å². The van der Waals surface area contributed by atoms with Crippen LogP contribution in [0.3, 0.4) is 0 Å². The maximum Gasteiger partial charge on any atom is 0.334 e. The van der Waals surface area contributed by atoms with E-state index in [1.165, 1.54) is 107 Å². The van der Waals surface area contributed by atoms with Crippen molar-refractivity contribution in [2.45, 2.75) is 139 Å². The number of hydrogen-bond donors (Lipinski definition) is 0. The predicted octanol–water partition coefficient (Wildman–Crippen LogP) is 7.46. The van der Waals surface area contributed by atoms with Crippen LogP contribution in [0.5, 0.6) is 0 Å². The predicted molar refractivity (Wildman–Crippen MR) is 173 cm³/mol. The zero-order valence-corrected chi connectivity index (χ0v) is 32.2. The Morgan fingerprint density at radius 1 is 0.395 bits per heavy atom. The summed E-state index contributed by atoms with van der Waals surface area (Å²) < 4.78 is 33.9. The van der Waals surface area contributed by atoms with Crippen molar-refractivity contribution in [1.82, 2.24) is 0 Å². The van der Waals surface area contributed by atoms with Gasteiger partial charge in [-0.1, -0.05) is 96.3 Å². The Balaban J connectivity index is 4.53. The van der Waals surface area contributed by atoms with Crippen molar-refractivity contribution in [3.63, 3.8) is 0 Å². The topological polar surface area (TPSA) is 55.4 Å². The summed E-state index contributed by atoms with van der Waals surface area (Å²) in [6.45, 7) is 6.53. The van der Waals surface area contributed by atoms with Crippen LogP contribution in [0.25, 0.3) is 0 Å². The molecule has 0 radical (unpaired) electrons. The van der Waals surface area contributed by atoms with Crippen molar-refractivity contribution in [3.05, 3.63) is 0 Å². The van der Waals surface area contributed by atoms with E-state index in [9.17, 15) is 0 Å². The van der Waals surface area contributed by atoms with Crippen molar-refractivity contribution in [1.29, 1.82) is 0 Å². The smallest absolute Gasteiger partial charge is 0.334 e. The highest BCUT2D eigenvalue weighted by Crippen LogP contribution is 2.41. The van der Waals surface area contributed by atoms with E-state index in [1.807, 2.05) is 0 Å². The SMILES string of the molecule is CO[Si](C)(CCCCCCC([SiH3])(CCCCCC[Si](C)(OC)OC)CCCCCC[Si](C)(OC)OC)OC. The van der Waals surface area contributed by atoms with Gasteiger partial charge in [0.1, 0.15) is 0 Å². The molecule has 0 aliphatic carbocycles. The summed E-state index contributed by atoms with van der Waals surface area (Å²) in [4.78, 5) is 0. The second-order valence-electron chi connectivity index (χ2n) is 12.2. The maximum atomic E-state index is 5.65.